The van der Waals surface area contributed by atoms with Crippen LogP contribution in [0.25, 0.3) is 6.08 Å². The maximum atomic E-state index is 12.7. The molecule has 0 unspecified atom stereocenters. The maximum Gasteiger partial charge on any atom is 0.189 e. The Hall–Kier alpha value is -2.62. The summed E-state index contributed by atoms with van der Waals surface area (Å²) in [5.74, 6) is -0.314. The van der Waals surface area contributed by atoms with Crippen LogP contribution in [0.15, 0.2) is 48.5 Å². The fourth-order valence-electron chi connectivity index (χ4n) is 1.68. The van der Waals surface area contributed by atoms with E-state index < -0.39 is 0 Å². The number of carbonyl (C=O) groups excluding carboxylic acids is 1. The van der Waals surface area contributed by atoms with Crippen LogP contribution < -0.4 is 4.74 Å². The quantitative estimate of drug-likeness (QED) is 0.685. The number of hydrogen-bond acceptors (Lipinski definition) is 3. The second-order valence-corrected chi connectivity index (χ2v) is 4.13. The third kappa shape index (κ3) is 3.23. The number of aromatic hydroxyl groups is 1. The highest BCUT2D eigenvalue weighted by molar-refractivity contribution is 6.08. The third-order valence-corrected chi connectivity index (χ3v) is 2.77. The zero-order chi connectivity index (χ0) is 14.5. The highest BCUT2D eigenvalue weighted by Gasteiger charge is 2.09. The molecule has 0 atom stereocenters. The highest BCUT2D eigenvalue weighted by atomic mass is 19.1. The fourth-order valence-corrected chi connectivity index (χ4v) is 1.68. The van der Waals surface area contributed by atoms with Gasteiger partial charge >= 0.3 is 0 Å². The van der Waals surface area contributed by atoms with Gasteiger partial charge in [0.2, 0.25) is 0 Å². The zero-order valence-electron chi connectivity index (χ0n) is 10.8. The van der Waals surface area contributed by atoms with E-state index in [0.29, 0.717) is 11.3 Å². The molecule has 20 heavy (non-hydrogen) atoms. The molecule has 0 saturated heterocycles. The molecule has 0 amide bonds. The van der Waals surface area contributed by atoms with E-state index in [1.807, 2.05) is 0 Å². The Kier molecular flexibility index (Phi) is 4.15. The van der Waals surface area contributed by atoms with Crippen molar-refractivity contribution in [3.63, 3.8) is 0 Å². The van der Waals surface area contributed by atoms with Crippen LogP contribution in [-0.4, -0.2) is 18.0 Å². The first kappa shape index (κ1) is 13.8. The lowest BCUT2D eigenvalue weighted by Gasteiger charge is -2.04. The fraction of sp³-hybridized carbons (Fsp3) is 0.0625. The van der Waals surface area contributed by atoms with E-state index in [1.165, 1.54) is 37.5 Å². The Morgan fingerprint density at radius 2 is 1.90 bits per heavy atom. The Bertz CT molecular complexity index is 645. The minimum absolute atomic E-state index is 0.112. The minimum atomic E-state index is -0.356. The Balaban J connectivity index is 2.21. The van der Waals surface area contributed by atoms with E-state index in [0.717, 1.165) is 0 Å². The summed E-state index contributed by atoms with van der Waals surface area (Å²) in [5.41, 5.74) is 0.852. The monoisotopic (exact) mass is 272 g/mol. The minimum Gasteiger partial charge on any atom is -0.507 e. The summed E-state index contributed by atoms with van der Waals surface area (Å²) in [4.78, 5) is 12.0. The summed E-state index contributed by atoms with van der Waals surface area (Å²) >= 11 is 0. The van der Waals surface area contributed by atoms with Gasteiger partial charge in [0.05, 0.1) is 12.7 Å². The lowest BCUT2D eigenvalue weighted by molar-refractivity contribution is 0.104. The Morgan fingerprint density at radius 3 is 2.55 bits per heavy atom. The molecule has 102 valence electrons. The maximum absolute atomic E-state index is 12.7. The standard InChI is InChI=1S/C16H13FO3/c1-20-13-7-9-16(19)14(10-13)15(18)8-4-11-2-5-12(17)6-3-11/h2-10,19H,1H3. The van der Waals surface area contributed by atoms with Gasteiger partial charge in [-0.2, -0.15) is 0 Å². The molecular weight excluding hydrogens is 259 g/mol. The molecule has 0 heterocycles. The number of phenols is 1. The SMILES string of the molecule is COc1ccc(O)c(C(=O)C=Cc2ccc(F)cc2)c1. The van der Waals surface area contributed by atoms with Crippen LogP contribution in [0.5, 0.6) is 11.5 Å². The molecule has 0 aliphatic heterocycles. The first-order valence-corrected chi connectivity index (χ1v) is 5.95. The average molecular weight is 272 g/mol. The lowest BCUT2D eigenvalue weighted by Crippen LogP contribution is -1.96. The second-order valence-electron chi connectivity index (χ2n) is 4.13. The van der Waals surface area contributed by atoms with E-state index in [9.17, 15) is 14.3 Å². The van der Waals surface area contributed by atoms with Crippen molar-refractivity contribution in [3.05, 3.63) is 65.5 Å². The third-order valence-electron chi connectivity index (χ3n) is 2.77. The molecule has 0 spiro atoms. The number of phenolic OH excluding ortho intramolecular Hbond substituents is 1. The van der Waals surface area contributed by atoms with Crippen molar-refractivity contribution < 1.29 is 19.0 Å². The van der Waals surface area contributed by atoms with Gasteiger partial charge in [-0.15, -0.1) is 0 Å². The van der Waals surface area contributed by atoms with Crippen molar-refractivity contribution in [1.82, 2.24) is 0 Å². The molecule has 0 saturated carbocycles. The summed E-state index contributed by atoms with van der Waals surface area (Å²) in [6, 6.07) is 10.2. The number of ether oxygens (including phenoxy) is 1. The van der Waals surface area contributed by atoms with Crippen molar-refractivity contribution in [2.24, 2.45) is 0 Å². The van der Waals surface area contributed by atoms with Gasteiger partial charge in [0.25, 0.3) is 0 Å². The summed E-state index contributed by atoms with van der Waals surface area (Å²) in [6.45, 7) is 0. The summed E-state index contributed by atoms with van der Waals surface area (Å²) < 4.78 is 17.8. The van der Waals surface area contributed by atoms with Crippen molar-refractivity contribution in [2.75, 3.05) is 7.11 Å². The predicted octanol–water partition coefficient (Wildman–Crippen LogP) is 3.44. The van der Waals surface area contributed by atoms with Gasteiger partial charge in [-0.3, -0.25) is 4.79 Å². The van der Waals surface area contributed by atoms with Crippen molar-refractivity contribution in [1.29, 1.82) is 0 Å². The van der Waals surface area contributed by atoms with Crippen LogP contribution in [0.2, 0.25) is 0 Å². The molecule has 0 aliphatic rings. The molecule has 2 rings (SSSR count). The number of hydrogen-bond donors (Lipinski definition) is 1. The molecule has 0 aromatic heterocycles. The summed E-state index contributed by atoms with van der Waals surface area (Å²) in [5, 5.41) is 9.67. The van der Waals surface area contributed by atoms with Crippen LogP contribution in [0, 0.1) is 5.82 Å². The summed E-state index contributed by atoms with van der Waals surface area (Å²) in [7, 11) is 1.48. The van der Waals surface area contributed by atoms with Crippen LogP contribution in [-0.2, 0) is 0 Å². The molecular formula is C16H13FO3. The number of carbonyl (C=O) groups is 1. The lowest BCUT2D eigenvalue weighted by atomic mass is 10.1. The van der Waals surface area contributed by atoms with E-state index in [2.05, 4.69) is 0 Å². The topological polar surface area (TPSA) is 46.5 Å². The average Bonchev–Trinajstić information content (AvgIpc) is 2.47. The Labute approximate surface area is 115 Å². The first-order valence-electron chi connectivity index (χ1n) is 5.95. The number of allylic oxidation sites excluding steroid dienone is 1. The van der Waals surface area contributed by atoms with Crippen LogP contribution >= 0.6 is 0 Å². The van der Waals surface area contributed by atoms with Gasteiger partial charge in [0.1, 0.15) is 17.3 Å². The van der Waals surface area contributed by atoms with Crippen LogP contribution in [0.4, 0.5) is 4.39 Å². The number of rotatable bonds is 4. The predicted molar refractivity (Wildman–Crippen MR) is 74.4 cm³/mol. The van der Waals surface area contributed by atoms with E-state index in [-0.39, 0.29) is 22.9 Å². The van der Waals surface area contributed by atoms with Crippen LogP contribution in [0.1, 0.15) is 15.9 Å². The van der Waals surface area contributed by atoms with Crippen molar-refractivity contribution in [3.8, 4) is 11.5 Å². The van der Waals surface area contributed by atoms with Gasteiger partial charge in [0, 0.05) is 0 Å². The first-order chi connectivity index (χ1) is 9.60. The summed E-state index contributed by atoms with van der Waals surface area (Å²) in [6.07, 6.45) is 2.88. The largest absolute Gasteiger partial charge is 0.507 e. The number of ketones is 1. The molecule has 2 aromatic carbocycles. The van der Waals surface area contributed by atoms with E-state index in [1.54, 1.807) is 24.3 Å². The van der Waals surface area contributed by atoms with Crippen molar-refractivity contribution in [2.45, 2.75) is 0 Å². The van der Waals surface area contributed by atoms with Crippen molar-refractivity contribution >= 4 is 11.9 Å². The second kappa shape index (κ2) is 6.02. The Morgan fingerprint density at radius 1 is 1.20 bits per heavy atom. The molecule has 1 N–H and O–H groups in total. The van der Waals surface area contributed by atoms with Gasteiger partial charge in [-0.1, -0.05) is 18.2 Å². The number of halogens is 1. The van der Waals surface area contributed by atoms with Crippen LogP contribution in [0.3, 0.4) is 0 Å². The molecule has 0 aliphatic carbocycles. The van der Waals surface area contributed by atoms with E-state index >= 15 is 0 Å². The van der Waals surface area contributed by atoms with Gasteiger partial charge in [-0.05, 0) is 42.0 Å². The zero-order valence-corrected chi connectivity index (χ0v) is 10.8. The van der Waals surface area contributed by atoms with Gasteiger partial charge in [-0.25, -0.2) is 4.39 Å². The molecule has 0 fully saturated rings. The van der Waals surface area contributed by atoms with Gasteiger partial charge < -0.3 is 9.84 Å². The van der Waals surface area contributed by atoms with Gasteiger partial charge in [0.15, 0.2) is 5.78 Å². The van der Waals surface area contributed by atoms with E-state index in [4.69, 9.17) is 4.74 Å². The smallest absolute Gasteiger partial charge is 0.189 e. The number of benzene rings is 2. The molecule has 0 radical (unpaired) electrons. The number of methoxy groups -OCH3 is 1. The molecule has 4 heteroatoms. The molecule has 0 bridgehead atoms. The highest BCUT2D eigenvalue weighted by Crippen LogP contribution is 2.23. The normalized spacial score (nSPS) is 10.7. The molecule has 2 aromatic rings. The molecule has 3 nitrogen and oxygen atoms in total.